The van der Waals surface area contributed by atoms with Gasteiger partial charge in [-0.1, -0.05) is 20.8 Å². The van der Waals surface area contributed by atoms with Gasteiger partial charge in [0, 0.05) is 13.0 Å². The summed E-state index contributed by atoms with van der Waals surface area (Å²) < 4.78 is 4.46. The maximum atomic E-state index is 11.4. The van der Waals surface area contributed by atoms with Gasteiger partial charge < -0.3 is 10.1 Å². The van der Waals surface area contributed by atoms with Crippen molar-refractivity contribution in [2.24, 2.45) is 11.8 Å². The summed E-state index contributed by atoms with van der Waals surface area (Å²) in [6.45, 7) is 6.58. The van der Waals surface area contributed by atoms with E-state index in [9.17, 15) is 9.59 Å². The minimum atomic E-state index is -0.299. The molecule has 0 bridgehead atoms. The molecule has 88 valence electrons. The third-order valence-electron chi connectivity index (χ3n) is 2.52. The third-order valence-corrected chi connectivity index (χ3v) is 2.52. The second kappa shape index (κ2) is 7.26. The quantitative estimate of drug-likeness (QED) is 0.680. The van der Waals surface area contributed by atoms with Crippen molar-refractivity contribution in [2.75, 3.05) is 13.7 Å². The molecule has 0 aromatic rings. The van der Waals surface area contributed by atoms with Crippen molar-refractivity contribution in [1.82, 2.24) is 5.32 Å². The second-order valence-corrected chi connectivity index (χ2v) is 4.10. The molecule has 4 heteroatoms. The number of hydrogen-bond acceptors (Lipinski definition) is 3. The molecule has 0 saturated heterocycles. The highest BCUT2D eigenvalue weighted by Crippen LogP contribution is 2.13. The highest BCUT2D eigenvalue weighted by atomic mass is 16.5. The lowest BCUT2D eigenvalue weighted by atomic mass is 9.94. The Hall–Kier alpha value is -1.06. The normalized spacial score (nSPS) is 12.3. The van der Waals surface area contributed by atoms with Gasteiger partial charge in [0.25, 0.3) is 0 Å². The summed E-state index contributed by atoms with van der Waals surface area (Å²) >= 11 is 0. The first-order valence-corrected chi connectivity index (χ1v) is 5.30. The zero-order valence-electron chi connectivity index (χ0n) is 10.0. The van der Waals surface area contributed by atoms with Gasteiger partial charge in [-0.2, -0.15) is 0 Å². The molecule has 0 aliphatic rings. The molecule has 1 atom stereocenters. The van der Waals surface area contributed by atoms with Crippen LogP contribution in [0.3, 0.4) is 0 Å². The van der Waals surface area contributed by atoms with Crippen LogP contribution in [0.25, 0.3) is 0 Å². The SMILES string of the molecule is COC(=O)CCNC(=O)C[C@@H](C)C(C)C. The molecule has 1 N–H and O–H groups in total. The van der Waals surface area contributed by atoms with Crippen LogP contribution in [0.15, 0.2) is 0 Å². The molecule has 0 aromatic heterocycles. The molecule has 1 amide bonds. The topological polar surface area (TPSA) is 55.4 Å². The maximum Gasteiger partial charge on any atom is 0.307 e. The van der Waals surface area contributed by atoms with Gasteiger partial charge in [0.05, 0.1) is 13.5 Å². The first-order chi connectivity index (χ1) is 6.97. The fraction of sp³-hybridized carbons (Fsp3) is 0.818. The van der Waals surface area contributed by atoms with Gasteiger partial charge in [0.2, 0.25) is 5.91 Å². The van der Waals surface area contributed by atoms with Gasteiger partial charge in [0.1, 0.15) is 0 Å². The molecule has 15 heavy (non-hydrogen) atoms. The Morgan fingerprint density at radius 2 is 1.87 bits per heavy atom. The molecule has 0 fully saturated rings. The number of amides is 1. The summed E-state index contributed by atoms with van der Waals surface area (Å²) in [5.74, 6) is 0.562. The minimum Gasteiger partial charge on any atom is -0.469 e. The van der Waals surface area contributed by atoms with Crippen molar-refractivity contribution in [1.29, 1.82) is 0 Å². The van der Waals surface area contributed by atoms with Crippen molar-refractivity contribution >= 4 is 11.9 Å². The molecule has 0 aromatic carbocycles. The van der Waals surface area contributed by atoms with E-state index < -0.39 is 0 Å². The fourth-order valence-electron chi connectivity index (χ4n) is 1.01. The Morgan fingerprint density at radius 3 is 2.33 bits per heavy atom. The molecule has 0 aliphatic carbocycles. The van der Waals surface area contributed by atoms with Crippen LogP contribution in [-0.2, 0) is 14.3 Å². The highest BCUT2D eigenvalue weighted by molar-refractivity contribution is 5.77. The summed E-state index contributed by atoms with van der Waals surface area (Å²) in [5, 5.41) is 2.69. The summed E-state index contributed by atoms with van der Waals surface area (Å²) in [7, 11) is 1.34. The van der Waals surface area contributed by atoms with Crippen LogP contribution >= 0.6 is 0 Å². The summed E-state index contributed by atoms with van der Waals surface area (Å²) in [6.07, 6.45) is 0.747. The van der Waals surface area contributed by atoms with E-state index in [-0.39, 0.29) is 18.3 Å². The number of hydrogen-bond donors (Lipinski definition) is 1. The molecule has 4 nitrogen and oxygen atoms in total. The molecular formula is C11H21NO3. The van der Waals surface area contributed by atoms with Gasteiger partial charge in [0.15, 0.2) is 0 Å². The predicted molar refractivity (Wildman–Crippen MR) is 58.3 cm³/mol. The van der Waals surface area contributed by atoms with Gasteiger partial charge in [-0.25, -0.2) is 0 Å². The number of carbonyl (C=O) groups is 2. The van der Waals surface area contributed by atoms with E-state index in [1.807, 2.05) is 6.92 Å². The van der Waals surface area contributed by atoms with E-state index in [0.29, 0.717) is 24.8 Å². The lowest BCUT2D eigenvalue weighted by molar-refractivity contribution is -0.140. The lowest BCUT2D eigenvalue weighted by Gasteiger charge is -2.14. The van der Waals surface area contributed by atoms with Crippen LogP contribution < -0.4 is 5.32 Å². The highest BCUT2D eigenvalue weighted by Gasteiger charge is 2.12. The minimum absolute atomic E-state index is 0.0000954. The molecule has 0 heterocycles. The number of ether oxygens (including phenoxy) is 1. The van der Waals surface area contributed by atoms with Crippen LogP contribution in [0.2, 0.25) is 0 Å². The van der Waals surface area contributed by atoms with E-state index in [1.54, 1.807) is 0 Å². The smallest absolute Gasteiger partial charge is 0.307 e. The van der Waals surface area contributed by atoms with Crippen LogP contribution in [0.1, 0.15) is 33.6 Å². The van der Waals surface area contributed by atoms with Crippen molar-refractivity contribution in [3.8, 4) is 0 Å². The van der Waals surface area contributed by atoms with Crippen LogP contribution in [-0.4, -0.2) is 25.5 Å². The standard InChI is InChI=1S/C11H21NO3/c1-8(2)9(3)7-10(13)12-6-5-11(14)15-4/h8-9H,5-7H2,1-4H3,(H,12,13)/t9-/m1/s1. The number of nitrogens with one attached hydrogen (secondary N) is 1. The van der Waals surface area contributed by atoms with Crippen molar-refractivity contribution in [3.05, 3.63) is 0 Å². The van der Waals surface area contributed by atoms with E-state index in [2.05, 4.69) is 23.9 Å². The van der Waals surface area contributed by atoms with E-state index >= 15 is 0 Å². The summed E-state index contributed by atoms with van der Waals surface area (Å²) in [5.41, 5.74) is 0. The lowest BCUT2D eigenvalue weighted by Crippen LogP contribution is -2.28. The molecular weight excluding hydrogens is 194 g/mol. The van der Waals surface area contributed by atoms with Crippen molar-refractivity contribution < 1.29 is 14.3 Å². The molecule has 0 radical (unpaired) electrons. The van der Waals surface area contributed by atoms with E-state index in [0.717, 1.165) is 0 Å². The maximum absolute atomic E-state index is 11.4. The Labute approximate surface area is 91.4 Å². The van der Waals surface area contributed by atoms with Gasteiger partial charge in [-0.15, -0.1) is 0 Å². The third kappa shape index (κ3) is 6.94. The molecule has 0 unspecified atom stereocenters. The molecule has 0 saturated carbocycles. The first kappa shape index (κ1) is 13.9. The van der Waals surface area contributed by atoms with E-state index in [1.165, 1.54) is 7.11 Å². The second-order valence-electron chi connectivity index (χ2n) is 4.10. The molecule has 0 rings (SSSR count). The molecule has 0 spiro atoms. The fourth-order valence-corrected chi connectivity index (χ4v) is 1.01. The van der Waals surface area contributed by atoms with Crippen LogP contribution in [0, 0.1) is 11.8 Å². The van der Waals surface area contributed by atoms with Gasteiger partial charge in [-0.3, -0.25) is 9.59 Å². The molecule has 0 aliphatic heterocycles. The first-order valence-electron chi connectivity index (χ1n) is 5.30. The number of methoxy groups -OCH3 is 1. The van der Waals surface area contributed by atoms with Gasteiger partial charge in [-0.05, 0) is 11.8 Å². The average Bonchev–Trinajstić information content (AvgIpc) is 2.17. The van der Waals surface area contributed by atoms with E-state index in [4.69, 9.17) is 0 Å². The Kier molecular flexibility index (Phi) is 6.75. The number of rotatable bonds is 6. The summed E-state index contributed by atoms with van der Waals surface area (Å²) in [4.78, 5) is 22.1. The number of carbonyl (C=O) groups excluding carboxylic acids is 2. The van der Waals surface area contributed by atoms with Crippen molar-refractivity contribution in [3.63, 3.8) is 0 Å². The monoisotopic (exact) mass is 215 g/mol. The Morgan fingerprint density at radius 1 is 1.27 bits per heavy atom. The average molecular weight is 215 g/mol. The van der Waals surface area contributed by atoms with Crippen LogP contribution in [0.4, 0.5) is 0 Å². The number of esters is 1. The Bertz CT molecular complexity index is 214. The summed E-state index contributed by atoms with van der Waals surface area (Å²) in [6, 6.07) is 0. The van der Waals surface area contributed by atoms with Crippen molar-refractivity contribution in [2.45, 2.75) is 33.6 Å². The zero-order chi connectivity index (χ0) is 11.8. The predicted octanol–water partition coefficient (Wildman–Crippen LogP) is 1.35. The van der Waals surface area contributed by atoms with Crippen LogP contribution in [0.5, 0.6) is 0 Å². The Balaban J connectivity index is 3.62. The largest absolute Gasteiger partial charge is 0.469 e. The van der Waals surface area contributed by atoms with Gasteiger partial charge >= 0.3 is 5.97 Å². The zero-order valence-corrected chi connectivity index (χ0v) is 10.0.